The summed E-state index contributed by atoms with van der Waals surface area (Å²) in [6.45, 7) is 3.19. The van der Waals surface area contributed by atoms with Crippen LogP contribution >= 0.6 is 0 Å². The van der Waals surface area contributed by atoms with Gasteiger partial charge in [0.05, 0.1) is 5.69 Å². The highest BCUT2D eigenvalue weighted by Crippen LogP contribution is 2.20. The van der Waals surface area contributed by atoms with Crippen LogP contribution < -0.4 is 5.32 Å². The van der Waals surface area contributed by atoms with E-state index in [4.69, 9.17) is 0 Å². The van der Waals surface area contributed by atoms with E-state index in [1.54, 1.807) is 0 Å². The first-order chi connectivity index (χ1) is 6.90. The lowest BCUT2D eigenvalue weighted by Crippen LogP contribution is -2.05. The molecule has 14 heavy (non-hydrogen) atoms. The second-order valence-corrected chi connectivity index (χ2v) is 3.84. The standard InChI is InChI=1S/C11H17N3/c1-2-3-7-12-11-8-9-5-4-6-10(9)13-14-11/h8H,2-7H2,1H3,(H,12,14). The Hall–Kier alpha value is -1.12. The first kappa shape index (κ1) is 9.44. The molecule has 76 valence electrons. The van der Waals surface area contributed by atoms with E-state index in [0.717, 1.165) is 18.8 Å². The highest BCUT2D eigenvalue weighted by Gasteiger charge is 2.12. The van der Waals surface area contributed by atoms with Gasteiger partial charge in [-0.3, -0.25) is 0 Å². The summed E-state index contributed by atoms with van der Waals surface area (Å²) < 4.78 is 0. The van der Waals surface area contributed by atoms with Crippen molar-refractivity contribution in [3.05, 3.63) is 17.3 Å². The number of nitrogens with zero attached hydrogens (tertiary/aromatic N) is 2. The Labute approximate surface area is 84.9 Å². The molecule has 3 heteroatoms. The average Bonchev–Trinajstić information content (AvgIpc) is 2.65. The Morgan fingerprint density at radius 3 is 3.14 bits per heavy atom. The van der Waals surface area contributed by atoms with Crippen molar-refractivity contribution in [2.75, 3.05) is 11.9 Å². The third-order valence-electron chi connectivity index (χ3n) is 2.66. The van der Waals surface area contributed by atoms with Crippen molar-refractivity contribution >= 4 is 5.82 Å². The van der Waals surface area contributed by atoms with E-state index < -0.39 is 0 Å². The molecule has 1 aromatic heterocycles. The molecule has 0 radical (unpaired) electrons. The fourth-order valence-corrected chi connectivity index (χ4v) is 1.81. The molecule has 1 heterocycles. The van der Waals surface area contributed by atoms with Crippen molar-refractivity contribution in [2.45, 2.75) is 39.0 Å². The SMILES string of the molecule is CCCCNc1cc2c(nn1)CCC2. The Balaban J connectivity index is 1.98. The monoisotopic (exact) mass is 191 g/mol. The summed E-state index contributed by atoms with van der Waals surface area (Å²) in [7, 11) is 0. The maximum atomic E-state index is 4.23. The summed E-state index contributed by atoms with van der Waals surface area (Å²) in [5.41, 5.74) is 2.59. The summed E-state index contributed by atoms with van der Waals surface area (Å²) >= 11 is 0. The predicted molar refractivity (Wildman–Crippen MR) is 57.5 cm³/mol. The summed E-state index contributed by atoms with van der Waals surface area (Å²) in [4.78, 5) is 0. The molecule has 3 nitrogen and oxygen atoms in total. The molecule has 2 rings (SSSR count). The molecule has 1 aliphatic rings. The Bertz CT molecular complexity index is 309. The van der Waals surface area contributed by atoms with Gasteiger partial charge in [0, 0.05) is 6.54 Å². The maximum absolute atomic E-state index is 4.23. The molecule has 0 fully saturated rings. The normalized spacial score (nSPS) is 14.1. The van der Waals surface area contributed by atoms with Crippen LogP contribution in [0.25, 0.3) is 0 Å². The van der Waals surface area contributed by atoms with Gasteiger partial charge >= 0.3 is 0 Å². The van der Waals surface area contributed by atoms with Crippen LogP contribution in [0.4, 0.5) is 5.82 Å². The molecule has 0 spiro atoms. The second kappa shape index (κ2) is 4.40. The number of hydrogen-bond donors (Lipinski definition) is 1. The fraction of sp³-hybridized carbons (Fsp3) is 0.636. The van der Waals surface area contributed by atoms with Gasteiger partial charge in [0.2, 0.25) is 0 Å². The number of aryl methyl sites for hydroxylation is 2. The largest absolute Gasteiger partial charge is 0.369 e. The Kier molecular flexibility index (Phi) is 2.96. The zero-order valence-corrected chi connectivity index (χ0v) is 8.71. The quantitative estimate of drug-likeness (QED) is 0.741. The van der Waals surface area contributed by atoms with E-state index in [1.165, 1.54) is 36.9 Å². The van der Waals surface area contributed by atoms with Crippen LogP contribution in [0.2, 0.25) is 0 Å². The smallest absolute Gasteiger partial charge is 0.148 e. The van der Waals surface area contributed by atoms with Gasteiger partial charge in [-0.1, -0.05) is 13.3 Å². The van der Waals surface area contributed by atoms with Crippen LogP contribution in [-0.2, 0) is 12.8 Å². The van der Waals surface area contributed by atoms with Gasteiger partial charge in [-0.25, -0.2) is 0 Å². The van der Waals surface area contributed by atoms with Gasteiger partial charge in [0.1, 0.15) is 5.82 Å². The number of nitrogens with one attached hydrogen (secondary N) is 1. The first-order valence-corrected chi connectivity index (χ1v) is 5.49. The first-order valence-electron chi connectivity index (χ1n) is 5.49. The van der Waals surface area contributed by atoms with Gasteiger partial charge < -0.3 is 5.32 Å². The lowest BCUT2D eigenvalue weighted by molar-refractivity contribution is 0.823. The molecular formula is C11H17N3. The number of hydrogen-bond acceptors (Lipinski definition) is 3. The number of unbranched alkanes of at least 4 members (excludes halogenated alkanes) is 1. The van der Waals surface area contributed by atoms with Crippen molar-refractivity contribution in [1.29, 1.82) is 0 Å². The second-order valence-electron chi connectivity index (χ2n) is 3.84. The van der Waals surface area contributed by atoms with Crippen LogP contribution in [-0.4, -0.2) is 16.7 Å². The summed E-state index contributed by atoms with van der Waals surface area (Å²) in [5.74, 6) is 0.944. The third kappa shape index (κ3) is 2.03. The topological polar surface area (TPSA) is 37.8 Å². The molecule has 0 bridgehead atoms. The number of fused-ring (bicyclic) bond motifs is 1. The summed E-state index contributed by atoms with van der Waals surface area (Å²) in [6, 6.07) is 2.16. The molecule has 0 saturated heterocycles. The van der Waals surface area contributed by atoms with Crippen LogP contribution in [0.3, 0.4) is 0 Å². The van der Waals surface area contributed by atoms with Crippen LogP contribution in [0, 0.1) is 0 Å². The van der Waals surface area contributed by atoms with E-state index in [2.05, 4.69) is 28.5 Å². The molecule has 0 aliphatic heterocycles. The highest BCUT2D eigenvalue weighted by molar-refractivity contribution is 5.39. The molecule has 0 atom stereocenters. The van der Waals surface area contributed by atoms with Gasteiger partial charge in [0.15, 0.2) is 0 Å². The van der Waals surface area contributed by atoms with E-state index in [-0.39, 0.29) is 0 Å². The van der Waals surface area contributed by atoms with Gasteiger partial charge in [-0.2, -0.15) is 5.10 Å². The summed E-state index contributed by atoms with van der Waals surface area (Å²) in [5, 5.41) is 11.7. The molecular weight excluding hydrogens is 174 g/mol. The molecule has 1 aliphatic carbocycles. The zero-order chi connectivity index (χ0) is 9.80. The average molecular weight is 191 g/mol. The van der Waals surface area contributed by atoms with Crippen LogP contribution in [0.15, 0.2) is 6.07 Å². The minimum atomic E-state index is 0.944. The minimum absolute atomic E-state index is 0.944. The predicted octanol–water partition coefficient (Wildman–Crippen LogP) is 2.18. The number of aromatic nitrogens is 2. The molecule has 0 aromatic carbocycles. The van der Waals surface area contributed by atoms with E-state index in [1.807, 2.05) is 0 Å². The Morgan fingerprint density at radius 2 is 2.29 bits per heavy atom. The molecule has 1 aromatic rings. The van der Waals surface area contributed by atoms with Crippen molar-refractivity contribution in [3.63, 3.8) is 0 Å². The van der Waals surface area contributed by atoms with E-state index in [9.17, 15) is 0 Å². The Morgan fingerprint density at radius 1 is 1.36 bits per heavy atom. The van der Waals surface area contributed by atoms with Crippen molar-refractivity contribution < 1.29 is 0 Å². The molecule has 0 unspecified atom stereocenters. The van der Waals surface area contributed by atoms with Crippen LogP contribution in [0.5, 0.6) is 0 Å². The van der Waals surface area contributed by atoms with Crippen molar-refractivity contribution in [3.8, 4) is 0 Å². The summed E-state index contributed by atoms with van der Waals surface area (Å²) in [6.07, 6.45) is 5.93. The van der Waals surface area contributed by atoms with Gasteiger partial charge in [-0.15, -0.1) is 5.10 Å². The fourth-order valence-electron chi connectivity index (χ4n) is 1.81. The molecule has 0 amide bonds. The van der Waals surface area contributed by atoms with Crippen molar-refractivity contribution in [2.24, 2.45) is 0 Å². The van der Waals surface area contributed by atoms with Gasteiger partial charge in [0.25, 0.3) is 0 Å². The number of rotatable bonds is 4. The van der Waals surface area contributed by atoms with E-state index in [0.29, 0.717) is 0 Å². The maximum Gasteiger partial charge on any atom is 0.148 e. The van der Waals surface area contributed by atoms with Gasteiger partial charge in [-0.05, 0) is 37.3 Å². The lowest BCUT2D eigenvalue weighted by atomic mass is 10.2. The number of anilines is 1. The lowest BCUT2D eigenvalue weighted by Gasteiger charge is -2.05. The third-order valence-corrected chi connectivity index (χ3v) is 2.66. The minimum Gasteiger partial charge on any atom is -0.369 e. The zero-order valence-electron chi connectivity index (χ0n) is 8.71. The van der Waals surface area contributed by atoms with E-state index >= 15 is 0 Å². The van der Waals surface area contributed by atoms with Crippen molar-refractivity contribution in [1.82, 2.24) is 10.2 Å². The molecule has 1 N–H and O–H groups in total. The van der Waals surface area contributed by atoms with Crippen LogP contribution in [0.1, 0.15) is 37.4 Å². The highest BCUT2D eigenvalue weighted by atomic mass is 15.2. The molecule has 0 saturated carbocycles.